The van der Waals surface area contributed by atoms with Gasteiger partial charge in [-0.1, -0.05) is 18.2 Å². The Balaban J connectivity index is 2.40. The van der Waals surface area contributed by atoms with Crippen molar-refractivity contribution in [2.24, 2.45) is 0 Å². The van der Waals surface area contributed by atoms with Crippen molar-refractivity contribution in [1.29, 1.82) is 5.26 Å². The Bertz CT molecular complexity index is 632. The van der Waals surface area contributed by atoms with Gasteiger partial charge in [0.1, 0.15) is 5.75 Å². The third-order valence-electron chi connectivity index (χ3n) is 2.63. The van der Waals surface area contributed by atoms with E-state index >= 15 is 0 Å². The van der Waals surface area contributed by atoms with Crippen molar-refractivity contribution in [3.05, 3.63) is 59.4 Å². The van der Waals surface area contributed by atoms with E-state index in [1.807, 2.05) is 6.07 Å². The summed E-state index contributed by atoms with van der Waals surface area (Å²) in [7, 11) is 0. The molecule has 0 aliphatic carbocycles. The van der Waals surface area contributed by atoms with E-state index in [4.69, 9.17) is 10.00 Å². The van der Waals surface area contributed by atoms with Gasteiger partial charge in [-0.15, -0.1) is 0 Å². The summed E-state index contributed by atoms with van der Waals surface area (Å²) >= 11 is 0. The smallest absolute Gasteiger partial charge is 0.168 e. The molecular formula is C15H12FNO2. The molecule has 0 fully saturated rings. The molecule has 0 bridgehead atoms. The van der Waals surface area contributed by atoms with E-state index in [9.17, 15) is 9.50 Å². The van der Waals surface area contributed by atoms with Crippen molar-refractivity contribution in [2.45, 2.75) is 13.0 Å². The van der Waals surface area contributed by atoms with E-state index in [-0.39, 0.29) is 5.75 Å². The summed E-state index contributed by atoms with van der Waals surface area (Å²) in [6.07, 6.45) is -0.843. The number of hydrogen-bond acceptors (Lipinski definition) is 3. The number of halogens is 1. The van der Waals surface area contributed by atoms with Crippen molar-refractivity contribution in [2.75, 3.05) is 0 Å². The lowest BCUT2D eigenvalue weighted by Crippen LogP contribution is -1.98. The molecule has 0 aromatic heterocycles. The molecule has 0 aliphatic rings. The normalized spacial score (nSPS) is 11.7. The highest BCUT2D eigenvalue weighted by molar-refractivity contribution is 5.42. The maximum Gasteiger partial charge on any atom is 0.168 e. The molecule has 2 aromatic rings. The SMILES string of the molecule is C[C@@H](O)c1cccc(F)c1Oc1cccc(C#N)c1. The second-order valence-corrected chi connectivity index (χ2v) is 4.08. The van der Waals surface area contributed by atoms with Gasteiger partial charge < -0.3 is 9.84 Å². The average Bonchev–Trinajstić information content (AvgIpc) is 2.41. The van der Waals surface area contributed by atoms with Crippen LogP contribution in [0.15, 0.2) is 42.5 Å². The monoisotopic (exact) mass is 257 g/mol. The number of aliphatic hydroxyl groups is 1. The predicted molar refractivity (Wildman–Crippen MR) is 68.3 cm³/mol. The van der Waals surface area contributed by atoms with Crippen molar-refractivity contribution in [3.63, 3.8) is 0 Å². The molecule has 0 aliphatic heterocycles. The summed E-state index contributed by atoms with van der Waals surface area (Å²) in [5.41, 5.74) is 0.787. The van der Waals surface area contributed by atoms with Crippen LogP contribution >= 0.6 is 0 Å². The number of hydrogen-bond donors (Lipinski definition) is 1. The van der Waals surface area contributed by atoms with Gasteiger partial charge >= 0.3 is 0 Å². The topological polar surface area (TPSA) is 53.2 Å². The van der Waals surface area contributed by atoms with Crippen LogP contribution < -0.4 is 4.74 Å². The van der Waals surface area contributed by atoms with Crippen LogP contribution in [0.25, 0.3) is 0 Å². The lowest BCUT2D eigenvalue weighted by atomic mass is 10.1. The fraction of sp³-hybridized carbons (Fsp3) is 0.133. The first-order valence-corrected chi connectivity index (χ1v) is 5.76. The van der Waals surface area contributed by atoms with Gasteiger partial charge in [0.05, 0.1) is 17.7 Å². The number of para-hydroxylation sites is 1. The molecule has 0 amide bonds. The molecule has 2 rings (SSSR count). The van der Waals surface area contributed by atoms with E-state index in [2.05, 4.69) is 0 Å². The van der Waals surface area contributed by atoms with E-state index < -0.39 is 11.9 Å². The number of rotatable bonds is 3. The largest absolute Gasteiger partial charge is 0.454 e. The summed E-state index contributed by atoms with van der Waals surface area (Å²) in [5, 5.41) is 18.4. The highest BCUT2D eigenvalue weighted by Crippen LogP contribution is 2.32. The maximum absolute atomic E-state index is 13.8. The fourth-order valence-corrected chi connectivity index (χ4v) is 1.71. The van der Waals surface area contributed by atoms with Gasteiger partial charge in [-0.25, -0.2) is 4.39 Å². The lowest BCUT2D eigenvalue weighted by molar-refractivity contribution is 0.194. The Labute approximate surface area is 110 Å². The first-order chi connectivity index (χ1) is 9.11. The molecular weight excluding hydrogens is 245 g/mol. The zero-order valence-electron chi connectivity index (χ0n) is 10.3. The Hall–Kier alpha value is -2.38. The van der Waals surface area contributed by atoms with Crippen molar-refractivity contribution in [1.82, 2.24) is 0 Å². The van der Waals surface area contributed by atoms with Gasteiger partial charge in [0.25, 0.3) is 0 Å². The van der Waals surface area contributed by atoms with Crippen molar-refractivity contribution in [3.8, 4) is 17.6 Å². The summed E-state index contributed by atoms with van der Waals surface area (Å²) in [5.74, 6) is -0.223. The van der Waals surface area contributed by atoms with E-state index in [1.54, 1.807) is 24.3 Å². The third-order valence-corrected chi connectivity index (χ3v) is 2.63. The third kappa shape index (κ3) is 2.90. The van der Waals surface area contributed by atoms with Gasteiger partial charge in [0, 0.05) is 5.56 Å². The predicted octanol–water partition coefficient (Wildman–Crippen LogP) is 3.54. The van der Waals surface area contributed by atoms with E-state index in [0.29, 0.717) is 16.9 Å². The molecule has 0 heterocycles. The highest BCUT2D eigenvalue weighted by Gasteiger charge is 2.14. The Kier molecular flexibility index (Phi) is 3.79. The van der Waals surface area contributed by atoms with Gasteiger partial charge in [-0.2, -0.15) is 5.26 Å². The van der Waals surface area contributed by atoms with Crippen LogP contribution in [0.5, 0.6) is 11.5 Å². The second kappa shape index (κ2) is 5.51. The van der Waals surface area contributed by atoms with Crippen molar-refractivity contribution >= 4 is 0 Å². The molecule has 0 radical (unpaired) electrons. The van der Waals surface area contributed by atoms with Crippen LogP contribution in [0.1, 0.15) is 24.2 Å². The zero-order chi connectivity index (χ0) is 13.8. The van der Waals surface area contributed by atoms with Crippen LogP contribution in [0, 0.1) is 17.1 Å². The molecule has 2 aromatic carbocycles. The number of nitriles is 1. The molecule has 4 heteroatoms. The number of aliphatic hydroxyl groups excluding tert-OH is 1. The highest BCUT2D eigenvalue weighted by atomic mass is 19.1. The molecule has 3 nitrogen and oxygen atoms in total. The van der Waals surface area contributed by atoms with Crippen LogP contribution in [0.2, 0.25) is 0 Å². The minimum absolute atomic E-state index is 0.0208. The van der Waals surface area contributed by atoms with E-state index in [1.165, 1.54) is 25.1 Å². The minimum atomic E-state index is -0.843. The summed E-state index contributed by atoms with van der Waals surface area (Å²) < 4.78 is 19.2. The maximum atomic E-state index is 13.8. The summed E-state index contributed by atoms with van der Waals surface area (Å²) in [6, 6.07) is 12.8. The molecule has 0 spiro atoms. The standard InChI is InChI=1S/C15H12FNO2/c1-10(18)13-6-3-7-14(16)15(13)19-12-5-2-4-11(8-12)9-17/h2-8,10,18H,1H3/t10-/m1/s1. The molecule has 1 N–H and O–H groups in total. The Morgan fingerprint density at radius 2 is 2.00 bits per heavy atom. The van der Waals surface area contributed by atoms with Crippen LogP contribution in [0.4, 0.5) is 4.39 Å². The van der Waals surface area contributed by atoms with Crippen LogP contribution in [-0.4, -0.2) is 5.11 Å². The van der Waals surface area contributed by atoms with Gasteiger partial charge in [0.15, 0.2) is 11.6 Å². The zero-order valence-corrected chi connectivity index (χ0v) is 10.3. The van der Waals surface area contributed by atoms with Crippen LogP contribution in [0.3, 0.4) is 0 Å². The first kappa shape index (κ1) is 13.1. The number of benzene rings is 2. The number of ether oxygens (including phenoxy) is 1. The Morgan fingerprint density at radius 3 is 2.68 bits per heavy atom. The average molecular weight is 257 g/mol. The van der Waals surface area contributed by atoms with E-state index in [0.717, 1.165) is 0 Å². The molecule has 96 valence electrons. The Morgan fingerprint density at radius 1 is 1.26 bits per heavy atom. The van der Waals surface area contributed by atoms with Gasteiger partial charge in [0.2, 0.25) is 0 Å². The molecule has 0 unspecified atom stereocenters. The minimum Gasteiger partial charge on any atom is -0.454 e. The second-order valence-electron chi connectivity index (χ2n) is 4.08. The van der Waals surface area contributed by atoms with Gasteiger partial charge in [-0.05, 0) is 31.2 Å². The molecule has 19 heavy (non-hydrogen) atoms. The van der Waals surface area contributed by atoms with Gasteiger partial charge in [-0.3, -0.25) is 0 Å². The molecule has 0 saturated carbocycles. The molecule has 0 saturated heterocycles. The quantitative estimate of drug-likeness (QED) is 0.914. The van der Waals surface area contributed by atoms with Crippen molar-refractivity contribution < 1.29 is 14.2 Å². The lowest BCUT2D eigenvalue weighted by Gasteiger charge is -2.13. The van der Waals surface area contributed by atoms with Crippen LogP contribution in [-0.2, 0) is 0 Å². The molecule has 1 atom stereocenters. The number of nitrogens with zero attached hydrogens (tertiary/aromatic N) is 1. The summed E-state index contributed by atoms with van der Waals surface area (Å²) in [6.45, 7) is 1.54. The summed E-state index contributed by atoms with van der Waals surface area (Å²) in [4.78, 5) is 0. The first-order valence-electron chi connectivity index (χ1n) is 5.76. The fourth-order valence-electron chi connectivity index (χ4n) is 1.71.